The maximum absolute atomic E-state index is 13.8. The number of hydrogen-bond donors (Lipinski definition) is 2. The predicted molar refractivity (Wildman–Crippen MR) is 200 cm³/mol. The summed E-state index contributed by atoms with van der Waals surface area (Å²) < 4.78 is 10.4. The lowest BCUT2D eigenvalue weighted by molar-refractivity contribution is -0.148. The normalized spacial score (nSPS) is 24.6. The molecule has 52 heavy (non-hydrogen) atoms. The third-order valence-electron chi connectivity index (χ3n) is 11.0. The zero-order chi connectivity index (χ0) is 37.1. The Morgan fingerprint density at radius 2 is 1.65 bits per heavy atom. The average molecular weight is 696 g/mol. The lowest BCUT2D eigenvalue weighted by Gasteiger charge is -2.27. The van der Waals surface area contributed by atoms with Gasteiger partial charge in [-0.3, -0.25) is 14.6 Å². The number of aliphatic hydroxyl groups is 1. The van der Waals surface area contributed by atoms with Gasteiger partial charge in [0.1, 0.15) is 5.76 Å². The van der Waals surface area contributed by atoms with E-state index in [2.05, 4.69) is 42.9 Å². The summed E-state index contributed by atoms with van der Waals surface area (Å²) in [7, 11) is 2.69. The number of nitrogens with zero attached hydrogens (tertiary/aromatic N) is 4. The number of allylic oxidation sites excluding steroid dienone is 11. The topological polar surface area (TPSA) is 135 Å². The first-order chi connectivity index (χ1) is 24.9. The molecule has 6 aliphatic rings. The molecule has 1 fully saturated rings. The molecule has 0 unspecified atom stereocenters. The molecule has 0 amide bonds. The van der Waals surface area contributed by atoms with Crippen LogP contribution < -0.4 is 5.32 Å². The second-order valence-electron chi connectivity index (χ2n) is 13.8. The van der Waals surface area contributed by atoms with Crippen molar-refractivity contribution in [2.24, 2.45) is 32.2 Å². The Kier molecular flexibility index (Phi) is 8.69. The van der Waals surface area contributed by atoms with Crippen molar-refractivity contribution in [3.63, 3.8) is 0 Å². The van der Waals surface area contributed by atoms with E-state index in [1.165, 1.54) is 14.2 Å². The number of ether oxygens (including phenoxy) is 2. The average Bonchev–Trinajstić information content (AvgIpc) is 3.86. The third-order valence-corrected chi connectivity index (χ3v) is 11.0. The second-order valence-corrected chi connectivity index (χ2v) is 13.8. The SMILES string of the molecule is CCC1=C(C)C2=NC1=CC1=C(C)C3=C(O)[C@@](C)(C(=O)OC)C(=C4NC(=CC5=NC(=C2)C(C#Cc2ccncc2)=C5C)[C@@H](C)[C@@H]4CCC(=O)OC)C3=N1. The van der Waals surface area contributed by atoms with E-state index < -0.39 is 11.4 Å². The van der Waals surface area contributed by atoms with E-state index in [0.717, 1.165) is 62.7 Å². The number of methoxy groups -OCH3 is 2. The number of nitrogens with one attached hydrogen (secondary N) is 1. The van der Waals surface area contributed by atoms with Gasteiger partial charge in [-0.05, 0) is 93.2 Å². The van der Waals surface area contributed by atoms with Gasteiger partial charge in [-0.2, -0.15) is 0 Å². The van der Waals surface area contributed by atoms with Crippen LogP contribution in [-0.4, -0.2) is 53.4 Å². The number of fused-ring (bicyclic) bond motifs is 5. The molecule has 264 valence electrons. The van der Waals surface area contributed by atoms with Gasteiger partial charge in [0.15, 0.2) is 5.41 Å². The van der Waals surface area contributed by atoms with Crippen molar-refractivity contribution in [1.29, 1.82) is 0 Å². The molecule has 1 aromatic heterocycles. The van der Waals surface area contributed by atoms with Gasteiger partial charge in [0.25, 0.3) is 0 Å². The molecule has 0 aromatic carbocycles. The Balaban J connectivity index is 1.52. The highest BCUT2D eigenvalue weighted by molar-refractivity contribution is 6.25. The summed E-state index contributed by atoms with van der Waals surface area (Å²) in [5.41, 5.74) is 10.6. The molecule has 10 nitrogen and oxygen atoms in total. The highest BCUT2D eigenvalue weighted by atomic mass is 16.5. The van der Waals surface area contributed by atoms with Crippen LogP contribution in [0.15, 0.2) is 131 Å². The van der Waals surface area contributed by atoms with Crippen LogP contribution in [0.5, 0.6) is 0 Å². The van der Waals surface area contributed by atoms with Crippen molar-refractivity contribution in [2.45, 2.75) is 60.8 Å². The number of aliphatic imine (C=N–C) groups is 3. The highest BCUT2D eigenvalue weighted by Gasteiger charge is 2.57. The van der Waals surface area contributed by atoms with E-state index in [9.17, 15) is 14.7 Å². The van der Waals surface area contributed by atoms with Crippen LogP contribution in [0.2, 0.25) is 0 Å². The van der Waals surface area contributed by atoms with E-state index in [0.29, 0.717) is 40.4 Å². The first-order valence-corrected chi connectivity index (χ1v) is 17.5. The number of hydrogen-bond acceptors (Lipinski definition) is 10. The number of carbonyl (C=O) groups is 2. The van der Waals surface area contributed by atoms with Crippen molar-refractivity contribution >= 4 is 29.1 Å². The maximum Gasteiger partial charge on any atom is 0.323 e. The molecular formula is C42H41N5O5. The van der Waals surface area contributed by atoms with Gasteiger partial charge in [0, 0.05) is 58.8 Å². The minimum atomic E-state index is -1.55. The van der Waals surface area contributed by atoms with Crippen LogP contribution in [0.25, 0.3) is 0 Å². The summed E-state index contributed by atoms with van der Waals surface area (Å²) in [6, 6.07) is 3.74. The standard InChI is InChI=1S/C42H41N5O5/c1-9-26-21(2)30-19-34-27(11-10-25-14-16-43-17-15-25)22(3)29(45-34)18-31-23(4)28(12-13-35(48)51-7)38(46-31)37-39-36(40(49)42(37,6)41(50)52-8)24(5)32(47-39)20-33(26)44-30/h14-20,23,28,46,49H,9,12-13H2,1-8H3/t23-,28-,42-/m0/s1. The van der Waals surface area contributed by atoms with Crippen molar-refractivity contribution in [1.82, 2.24) is 10.3 Å². The lowest BCUT2D eigenvalue weighted by atomic mass is 9.78. The highest BCUT2D eigenvalue weighted by Crippen LogP contribution is 2.54. The van der Waals surface area contributed by atoms with Gasteiger partial charge < -0.3 is 19.9 Å². The summed E-state index contributed by atoms with van der Waals surface area (Å²) in [6.45, 7) is 11.8. The van der Waals surface area contributed by atoms with Crippen LogP contribution in [0, 0.1) is 29.1 Å². The van der Waals surface area contributed by atoms with Crippen LogP contribution in [0.3, 0.4) is 0 Å². The molecule has 10 heteroatoms. The van der Waals surface area contributed by atoms with Crippen molar-refractivity contribution in [3.8, 4) is 11.8 Å². The fourth-order valence-corrected chi connectivity index (χ4v) is 7.90. The molecule has 0 radical (unpaired) electrons. The zero-order valence-corrected chi connectivity index (χ0v) is 30.7. The molecular weight excluding hydrogens is 654 g/mol. The molecule has 0 saturated carbocycles. The van der Waals surface area contributed by atoms with Crippen molar-refractivity contribution in [3.05, 3.63) is 122 Å². The van der Waals surface area contributed by atoms with Gasteiger partial charge in [0.05, 0.1) is 54.0 Å². The summed E-state index contributed by atoms with van der Waals surface area (Å²) >= 11 is 0. The van der Waals surface area contributed by atoms with Gasteiger partial charge in [-0.15, -0.1) is 0 Å². The molecule has 5 aliphatic heterocycles. The summed E-state index contributed by atoms with van der Waals surface area (Å²) in [5.74, 6) is 5.21. The van der Waals surface area contributed by atoms with Crippen LogP contribution in [-0.2, 0) is 19.1 Å². The number of aliphatic hydroxyl groups excluding tert-OH is 1. The first kappa shape index (κ1) is 34.6. The molecule has 3 atom stereocenters. The lowest BCUT2D eigenvalue weighted by Crippen LogP contribution is -2.35. The van der Waals surface area contributed by atoms with Crippen LogP contribution in [0.4, 0.5) is 0 Å². The second kappa shape index (κ2) is 13.1. The quantitative estimate of drug-likeness (QED) is 0.254. The molecule has 8 bridgehead atoms. The number of pyridine rings is 1. The van der Waals surface area contributed by atoms with E-state index in [1.807, 2.05) is 44.2 Å². The zero-order valence-electron chi connectivity index (χ0n) is 30.7. The monoisotopic (exact) mass is 695 g/mol. The maximum atomic E-state index is 13.8. The molecule has 0 spiro atoms. The Labute approximate surface area is 303 Å². The third kappa shape index (κ3) is 5.34. The largest absolute Gasteiger partial charge is 0.510 e. The van der Waals surface area contributed by atoms with Crippen LogP contribution >= 0.6 is 0 Å². The number of esters is 2. The van der Waals surface area contributed by atoms with Gasteiger partial charge in [-0.1, -0.05) is 25.7 Å². The van der Waals surface area contributed by atoms with Gasteiger partial charge >= 0.3 is 11.9 Å². The molecule has 1 aromatic rings. The van der Waals surface area contributed by atoms with E-state index in [4.69, 9.17) is 24.5 Å². The molecule has 1 saturated heterocycles. The Morgan fingerprint density at radius 1 is 0.942 bits per heavy atom. The predicted octanol–water partition coefficient (Wildman–Crippen LogP) is 6.85. The van der Waals surface area contributed by atoms with Gasteiger partial charge in [0.2, 0.25) is 0 Å². The summed E-state index contributed by atoms with van der Waals surface area (Å²) in [4.78, 5) is 45.7. The first-order valence-electron chi connectivity index (χ1n) is 17.5. The summed E-state index contributed by atoms with van der Waals surface area (Å²) in [5, 5.41) is 15.6. The van der Waals surface area contributed by atoms with Crippen molar-refractivity contribution in [2.75, 3.05) is 14.2 Å². The molecule has 2 N–H and O–H groups in total. The summed E-state index contributed by atoms with van der Waals surface area (Å²) in [6.07, 6.45) is 10.7. The Bertz CT molecular complexity index is 2280. The van der Waals surface area contributed by atoms with E-state index in [-0.39, 0.29) is 30.0 Å². The number of carbonyl (C=O) groups excluding carboxylic acids is 2. The van der Waals surface area contributed by atoms with E-state index in [1.54, 1.807) is 19.3 Å². The smallest absolute Gasteiger partial charge is 0.323 e. The number of rotatable bonds is 5. The van der Waals surface area contributed by atoms with Gasteiger partial charge in [-0.25, -0.2) is 15.0 Å². The van der Waals surface area contributed by atoms with Crippen molar-refractivity contribution < 1.29 is 24.2 Å². The number of aromatic nitrogens is 1. The fourth-order valence-electron chi connectivity index (χ4n) is 7.90. The van der Waals surface area contributed by atoms with Crippen LogP contribution in [0.1, 0.15) is 66.4 Å². The molecule has 1 aliphatic carbocycles. The minimum absolute atomic E-state index is 0.117. The molecule has 7 rings (SSSR count). The fraction of sp³-hybridized carbons (Fsp3) is 0.333. The van der Waals surface area contributed by atoms with E-state index >= 15 is 0 Å². The minimum Gasteiger partial charge on any atom is -0.510 e. The molecule has 6 heterocycles. The Morgan fingerprint density at radius 3 is 2.35 bits per heavy atom. The Hall–Kier alpha value is -5.82.